The van der Waals surface area contributed by atoms with E-state index in [2.05, 4.69) is 241 Å². The van der Waals surface area contributed by atoms with E-state index in [-0.39, 0.29) is 0 Å². The maximum Gasteiger partial charge on any atom is 0.0540 e. The first-order valence-electron chi connectivity index (χ1n) is 20.5. The summed E-state index contributed by atoms with van der Waals surface area (Å²) < 4.78 is 2.64. The van der Waals surface area contributed by atoms with Crippen LogP contribution in [0.25, 0.3) is 86.6 Å². The van der Waals surface area contributed by atoms with E-state index < -0.39 is 0 Å². The molecule has 0 saturated heterocycles. The van der Waals surface area contributed by atoms with E-state index in [9.17, 15) is 0 Å². The van der Waals surface area contributed by atoms with Crippen LogP contribution in [0.3, 0.4) is 0 Å². The summed E-state index contributed by atoms with van der Waals surface area (Å²) in [6.45, 7) is 0. The monoisotopic (exact) mass is 781 g/mol. The third kappa shape index (κ3) is 6.63. The second-order valence-corrected chi connectivity index (χ2v) is 16.4. The summed E-state index contributed by atoms with van der Waals surface area (Å²) in [5.74, 6) is 0. The number of rotatable bonds is 8. The molecule has 1 heterocycles. The van der Waals surface area contributed by atoms with Crippen molar-refractivity contribution in [1.82, 2.24) is 0 Å². The fraction of sp³-hybridized carbons (Fsp3) is 0. The van der Waals surface area contributed by atoms with Gasteiger partial charge in [0.25, 0.3) is 0 Å². The van der Waals surface area contributed by atoms with Gasteiger partial charge in [-0.15, -0.1) is 11.3 Å². The average Bonchev–Trinajstić information content (AvgIpc) is 3.70. The highest BCUT2D eigenvalue weighted by Crippen LogP contribution is 2.45. The number of fused-ring (bicyclic) bond motifs is 4. The lowest BCUT2D eigenvalue weighted by atomic mass is 9.93. The standard InChI is InChI=1S/C58H39NS/c1-2-14-43(15-3-1)51-19-6-7-20-52(51)53-21-8-10-23-56(53)59(50-34-29-42(30-35-50)48-31-36-58-55(39-48)54-22-9-11-24-57(54)60-58)49-32-27-41(28-33-49)45-17-12-18-46(37-45)47-26-25-40-13-4-5-16-44(40)38-47/h1-39H. The van der Waals surface area contributed by atoms with Crippen molar-refractivity contribution in [3.8, 4) is 55.6 Å². The van der Waals surface area contributed by atoms with Gasteiger partial charge in [0.05, 0.1) is 5.69 Å². The van der Waals surface area contributed by atoms with Crippen molar-refractivity contribution >= 4 is 59.3 Å². The second-order valence-electron chi connectivity index (χ2n) is 15.3. The molecule has 0 N–H and O–H groups in total. The molecule has 60 heavy (non-hydrogen) atoms. The van der Waals surface area contributed by atoms with E-state index in [4.69, 9.17) is 0 Å². The summed E-state index contributed by atoms with van der Waals surface area (Å²) in [6, 6.07) is 86.2. The zero-order valence-electron chi connectivity index (χ0n) is 32.9. The number of hydrogen-bond acceptors (Lipinski definition) is 2. The summed E-state index contributed by atoms with van der Waals surface area (Å²) in [5.41, 5.74) is 15.3. The normalized spacial score (nSPS) is 11.3. The fourth-order valence-electron chi connectivity index (χ4n) is 8.67. The van der Waals surface area contributed by atoms with E-state index in [0.717, 1.165) is 17.1 Å². The van der Waals surface area contributed by atoms with Gasteiger partial charge in [-0.3, -0.25) is 0 Å². The Morgan fingerprint density at radius 1 is 0.267 bits per heavy atom. The Hall–Kier alpha value is -7.52. The van der Waals surface area contributed by atoms with Gasteiger partial charge >= 0.3 is 0 Å². The Balaban J connectivity index is 1.01. The zero-order chi connectivity index (χ0) is 39.8. The van der Waals surface area contributed by atoms with Crippen molar-refractivity contribution in [1.29, 1.82) is 0 Å². The predicted octanol–water partition coefficient (Wildman–Crippen LogP) is 17.0. The van der Waals surface area contributed by atoms with Gasteiger partial charge in [-0.25, -0.2) is 0 Å². The lowest BCUT2D eigenvalue weighted by molar-refractivity contribution is 1.28. The molecule has 2 heteroatoms. The first kappa shape index (κ1) is 35.6. The first-order valence-corrected chi connectivity index (χ1v) is 21.3. The Morgan fingerprint density at radius 3 is 1.55 bits per heavy atom. The topological polar surface area (TPSA) is 3.24 Å². The van der Waals surface area contributed by atoms with Crippen LogP contribution in [-0.2, 0) is 0 Å². The largest absolute Gasteiger partial charge is 0.310 e. The van der Waals surface area contributed by atoms with Gasteiger partial charge in [0.1, 0.15) is 0 Å². The SMILES string of the molecule is c1ccc(-c2ccccc2-c2ccccc2N(c2ccc(-c3cccc(-c4ccc5ccccc5c4)c3)cc2)c2ccc(-c3ccc4sc5ccccc5c4c3)cc2)cc1. The van der Waals surface area contributed by atoms with Crippen LogP contribution in [-0.4, -0.2) is 0 Å². The van der Waals surface area contributed by atoms with Crippen molar-refractivity contribution in [2.24, 2.45) is 0 Å². The molecule has 0 spiro atoms. The highest BCUT2D eigenvalue weighted by atomic mass is 32.1. The molecule has 11 rings (SSSR count). The molecule has 0 aliphatic rings. The fourth-order valence-corrected chi connectivity index (χ4v) is 9.76. The van der Waals surface area contributed by atoms with Crippen LogP contribution in [0.2, 0.25) is 0 Å². The van der Waals surface area contributed by atoms with Crippen molar-refractivity contribution in [3.05, 3.63) is 237 Å². The summed E-state index contributed by atoms with van der Waals surface area (Å²) in [7, 11) is 0. The second kappa shape index (κ2) is 15.3. The van der Waals surface area contributed by atoms with Crippen LogP contribution in [0, 0.1) is 0 Å². The van der Waals surface area contributed by atoms with Crippen molar-refractivity contribution in [3.63, 3.8) is 0 Å². The maximum atomic E-state index is 2.41. The van der Waals surface area contributed by atoms with E-state index in [0.29, 0.717) is 0 Å². The van der Waals surface area contributed by atoms with E-state index in [1.807, 2.05) is 11.3 Å². The van der Waals surface area contributed by atoms with Gasteiger partial charge in [-0.2, -0.15) is 0 Å². The van der Waals surface area contributed by atoms with Crippen LogP contribution < -0.4 is 4.90 Å². The molecule has 0 bridgehead atoms. The van der Waals surface area contributed by atoms with Crippen molar-refractivity contribution in [2.45, 2.75) is 0 Å². The average molecular weight is 782 g/mol. The summed E-state index contributed by atoms with van der Waals surface area (Å²) in [4.78, 5) is 2.41. The summed E-state index contributed by atoms with van der Waals surface area (Å²) >= 11 is 1.86. The van der Waals surface area contributed by atoms with E-state index >= 15 is 0 Å². The molecule has 0 amide bonds. The smallest absolute Gasteiger partial charge is 0.0540 e. The number of nitrogens with zero attached hydrogens (tertiary/aromatic N) is 1. The molecule has 10 aromatic carbocycles. The first-order chi connectivity index (χ1) is 29.7. The minimum absolute atomic E-state index is 1.09. The van der Waals surface area contributed by atoms with Crippen LogP contribution in [0.4, 0.5) is 17.1 Å². The van der Waals surface area contributed by atoms with Crippen LogP contribution in [0.5, 0.6) is 0 Å². The third-order valence-corrected chi connectivity index (χ3v) is 12.8. The van der Waals surface area contributed by atoms with Crippen LogP contribution in [0.1, 0.15) is 0 Å². The van der Waals surface area contributed by atoms with Crippen LogP contribution >= 0.6 is 11.3 Å². The summed E-state index contributed by atoms with van der Waals surface area (Å²) in [6.07, 6.45) is 0. The molecule has 0 aliphatic heterocycles. The number of anilines is 3. The molecule has 1 aromatic heterocycles. The highest BCUT2D eigenvalue weighted by Gasteiger charge is 2.20. The number of para-hydroxylation sites is 1. The molecular weight excluding hydrogens is 743 g/mol. The zero-order valence-corrected chi connectivity index (χ0v) is 33.7. The number of hydrogen-bond donors (Lipinski definition) is 0. The lowest BCUT2D eigenvalue weighted by Gasteiger charge is -2.29. The number of thiophene rings is 1. The Labute approximate surface area is 354 Å². The molecule has 282 valence electrons. The van der Waals surface area contributed by atoms with Gasteiger partial charge in [0, 0.05) is 37.1 Å². The van der Waals surface area contributed by atoms with E-state index in [1.165, 1.54) is 86.6 Å². The molecule has 0 aliphatic carbocycles. The number of benzene rings is 10. The van der Waals surface area contributed by atoms with Crippen molar-refractivity contribution in [2.75, 3.05) is 4.90 Å². The highest BCUT2D eigenvalue weighted by molar-refractivity contribution is 7.25. The maximum absolute atomic E-state index is 2.41. The predicted molar refractivity (Wildman–Crippen MR) is 259 cm³/mol. The lowest BCUT2D eigenvalue weighted by Crippen LogP contribution is -2.11. The van der Waals surface area contributed by atoms with Crippen LogP contribution in [0.15, 0.2) is 237 Å². The van der Waals surface area contributed by atoms with Gasteiger partial charge < -0.3 is 4.90 Å². The molecule has 0 fully saturated rings. The molecule has 0 radical (unpaired) electrons. The summed E-state index contributed by atoms with van der Waals surface area (Å²) in [5, 5.41) is 5.14. The molecule has 1 nitrogen and oxygen atoms in total. The van der Waals surface area contributed by atoms with Gasteiger partial charge in [-0.1, -0.05) is 176 Å². The third-order valence-electron chi connectivity index (χ3n) is 11.7. The molecular formula is C58H39NS. The molecule has 0 saturated carbocycles. The van der Waals surface area contributed by atoms with E-state index in [1.54, 1.807) is 0 Å². The molecule has 11 aromatic rings. The van der Waals surface area contributed by atoms with Gasteiger partial charge in [0.15, 0.2) is 0 Å². The molecule has 0 unspecified atom stereocenters. The Kier molecular flexibility index (Phi) is 9.11. The minimum atomic E-state index is 1.09. The quantitative estimate of drug-likeness (QED) is 0.148. The Morgan fingerprint density at radius 2 is 0.783 bits per heavy atom. The Bertz CT molecular complexity index is 3310. The molecule has 0 atom stereocenters. The van der Waals surface area contributed by atoms with Gasteiger partial charge in [-0.05, 0) is 122 Å². The van der Waals surface area contributed by atoms with Crippen molar-refractivity contribution < 1.29 is 0 Å². The minimum Gasteiger partial charge on any atom is -0.310 e. The van der Waals surface area contributed by atoms with Gasteiger partial charge in [0.2, 0.25) is 0 Å².